The van der Waals surface area contributed by atoms with Crippen LogP contribution < -0.4 is 0 Å². The van der Waals surface area contributed by atoms with E-state index in [0.717, 1.165) is 5.56 Å². The second kappa shape index (κ2) is 6.95. The molecule has 1 aromatic carbocycles. The molecule has 5 nitrogen and oxygen atoms in total. The Morgan fingerprint density at radius 2 is 1.83 bits per heavy atom. The maximum Gasteiger partial charge on any atom is 0.189 e. The molecule has 0 saturated carbocycles. The second-order valence-electron chi connectivity index (χ2n) is 5.27. The van der Waals surface area contributed by atoms with Crippen LogP contribution in [0.15, 0.2) is 61.2 Å². The van der Waals surface area contributed by atoms with Gasteiger partial charge in [0.2, 0.25) is 0 Å². The number of aromatic nitrogens is 3. The molecular formula is C18H14FN3O2. The average molecular weight is 323 g/mol. The average Bonchev–Trinajstić information content (AvgIpc) is 3.06. The molecule has 0 amide bonds. The molecule has 0 fully saturated rings. The van der Waals surface area contributed by atoms with Crippen LogP contribution in [0.5, 0.6) is 0 Å². The van der Waals surface area contributed by atoms with Crippen molar-refractivity contribution in [3.05, 3.63) is 84.0 Å². The maximum atomic E-state index is 13.0. The lowest BCUT2D eigenvalue weighted by Gasteiger charge is -2.08. The first-order valence-electron chi connectivity index (χ1n) is 7.35. The van der Waals surface area contributed by atoms with E-state index >= 15 is 0 Å². The van der Waals surface area contributed by atoms with Crippen LogP contribution in [0.3, 0.4) is 0 Å². The number of rotatable bonds is 6. The molecule has 120 valence electrons. The van der Waals surface area contributed by atoms with Crippen LogP contribution >= 0.6 is 0 Å². The van der Waals surface area contributed by atoms with Crippen molar-refractivity contribution in [1.82, 2.24) is 14.5 Å². The molecule has 2 heterocycles. The smallest absolute Gasteiger partial charge is 0.189 e. The number of hydrogen-bond acceptors (Lipinski definition) is 4. The summed E-state index contributed by atoms with van der Waals surface area (Å²) in [6.07, 6.45) is 4.23. The van der Waals surface area contributed by atoms with E-state index in [1.807, 2.05) is 0 Å². The SMILES string of the molecule is O=C(CC(=O)c1cccn1Cc1ccc(F)cc1)c1ccncn1. The van der Waals surface area contributed by atoms with Gasteiger partial charge >= 0.3 is 0 Å². The molecule has 0 aliphatic carbocycles. The molecule has 0 radical (unpaired) electrons. The zero-order valence-electron chi connectivity index (χ0n) is 12.7. The molecule has 0 saturated heterocycles. The Morgan fingerprint density at radius 1 is 1.04 bits per heavy atom. The molecule has 0 aliphatic rings. The van der Waals surface area contributed by atoms with Gasteiger partial charge in [-0.3, -0.25) is 9.59 Å². The predicted molar refractivity (Wildman–Crippen MR) is 85.2 cm³/mol. The van der Waals surface area contributed by atoms with Gasteiger partial charge in [-0.05, 0) is 35.9 Å². The van der Waals surface area contributed by atoms with Crippen molar-refractivity contribution in [3.8, 4) is 0 Å². The van der Waals surface area contributed by atoms with E-state index in [1.54, 1.807) is 35.0 Å². The molecule has 0 N–H and O–H groups in total. The van der Waals surface area contributed by atoms with Gasteiger partial charge in [-0.1, -0.05) is 12.1 Å². The number of Topliss-reactive ketones (excluding diaryl/α,β-unsaturated/α-hetero) is 2. The number of carbonyl (C=O) groups is 2. The first-order chi connectivity index (χ1) is 11.6. The summed E-state index contributed by atoms with van der Waals surface area (Å²) < 4.78 is 14.7. The normalized spacial score (nSPS) is 10.5. The van der Waals surface area contributed by atoms with Crippen LogP contribution in [0.1, 0.15) is 33.0 Å². The minimum atomic E-state index is -0.350. The Kier molecular flexibility index (Phi) is 4.56. The van der Waals surface area contributed by atoms with E-state index in [-0.39, 0.29) is 29.5 Å². The standard InChI is InChI=1S/C18H14FN3O2/c19-14-5-3-13(4-6-14)11-22-9-1-2-16(22)18(24)10-17(23)15-7-8-20-12-21-15/h1-9,12H,10-11H2. The van der Waals surface area contributed by atoms with Crippen LogP contribution in [-0.2, 0) is 6.54 Å². The van der Waals surface area contributed by atoms with Crippen molar-refractivity contribution in [1.29, 1.82) is 0 Å². The topological polar surface area (TPSA) is 64.8 Å². The highest BCUT2D eigenvalue weighted by Crippen LogP contribution is 2.12. The van der Waals surface area contributed by atoms with Crippen molar-refractivity contribution < 1.29 is 14.0 Å². The Balaban J connectivity index is 1.73. The molecule has 0 spiro atoms. The summed E-state index contributed by atoms with van der Waals surface area (Å²) in [5.74, 6) is -0.944. The van der Waals surface area contributed by atoms with Gasteiger partial charge in [0.05, 0.1) is 12.1 Å². The van der Waals surface area contributed by atoms with Gasteiger partial charge in [0.25, 0.3) is 0 Å². The quantitative estimate of drug-likeness (QED) is 0.517. The fraction of sp³-hybridized carbons (Fsp3) is 0.111. The minimum Gasteiger partial charge on any atom is -0.341 e. The monoisotopic (exact) mass is 323 g/mol. The molecule has 3 rings (SSSR count). The van der Waals surface area contributed by atoms with Gasteiger partial charge in [0.1, 0.15) is 17.8 Å². The zero-order chi connectivity index (χ0) is 16.9. The van der Waals surface area contributed by atoms with E-state index in [9.17, 15) is 14.0 Å². The highest BCUT2D eigenvalue weighted by molar-refractivity contribution is 6.12. The van der Waals surface area contributed by atoms with Crippen molar-refractivity contribution in [3.63, 3.8) is 0 Å². The van der Waals surface area contributed by atoms with Crippen molar-refractivity contribution >= 4 is 11.6 Å². The third kappa shape index (κ3) is 3.60. The summed E-state index contributed by atoms with van der Waals surface area (Å²) in [5.41, 5.74) is 1.51. The minimum absolute atomic E-state index is 0.218. The summed E-state index contributed by atoms with van der Waals surface area (Å²) >= 11 is 0. The number of nitrogens with zero attached hydrogens (tertiary/aromatic N) is 3. The van der Waals surface area contributed by atoms with E-state index < -0.39 is 0 Å². The second-order valence-corrected chi connectivity index (χ2v) is 5.27. The van der Waals surface area contributed by atoms with Crippen LogP contribution in [-0.4, -0.2) is 26.1 Å². The first kappa shape index (κ1) is 15.7. The van der Waals surface area contributed by atoms with Gasteiger partial charge < -0.3 is 4.57 Å². The summed E-state index contributed by atoms with van der Waals surface area (Å²) in [6, 6.07) is 11.0. The molecule has 0 unspecified atom stereocenters. The van der Waals surface area contributed by atoms with Crippen LogP contribution in [0.4, 0.5) is 4.39 Å². The van der Waals surface area contributed by atoms with Crippen molar-refractivity contribution in [2.24, 2.45) is 0 Å². The lowest BCUT2D eigenvalue weighted by Crippen LogP contribution is -2.14. The summed E-state index contributed by atoms with van der Waals surface area (Å²) in [4.78, 5) is 32.1. The van der Waals surface area contributed by atoms with Crippen LogP contribution in [0.2, 0.25) is 0 Å². The van der Waals surface area contributed by atoms with Gasteiger partial charge in [-0.25, -0.2) is 14.4 Å². The Morgan fingerprint density at radius 3 is 2.54 bits per heavy atom. The van der Waals surface area contributed by atoms with Gasteiger partial charge in [0.15, 0.2) is 11.6 Å². The van der Waals surface area contributed by atoms with Gasteiger partial charge in [-0.15, -0.1) is 0 Å². The zero-order valence-corrected chi connectivity index (χ0v) is 12.7. The van der Waals surface area contributed by atoms with Crippen molar-refractivity contribution in [2.75, 3.05) is 0 Å². The number of carbonyl (C=O) groups excluding carboxylic acids is 2. The largest absolute Gasteiger partial charge is 0.341 e. The van der Waals surface area contributed by atoms with E-state index in [4.69, 9.17) is 0 Å². The molecule has 3 aromatic rings. The highest BCUT2D eigenvalue weighted by Gasteiger charge is 2.17. The van der Waals surface area contributed by atoms with E-state index in [1.165, 1.54) is 30.7 Å². The molecule has 0 aliphatic heterocycles. The van der Waals surface area contributed by atoms with Crippen LogP contribution in [0.25, 0.3) is 0 Å². The molecule has 24 heavy (non-hydrogen) atoms. The predicted octanol–water partition coefficient (Wildman–Crippen LogP) is 2.92. The highest BCUT2D eigenvalue weighted by atomic mass is 19.1. The van der Waals surface area contributed by atoms with E-state index in [0.29, 0.717) is 12.2 Å². The number of ketones is 2. The Bertz CT molecular complexity index is 857. The van der Waals surface area contributed by atoms with Crippen molar-refractivity contribution in [2.45, 2.75) is 13.0 Å². The molecular weight excluding hydrogens is 309 g/mol. The van der Waals surface area contributed by atoms with E-state index in [2.05, 4.69) is 9.97 Å². The number of benzene rings is 1. The number of hydrogen-bond donors (Lipinski definition) is 0. The summed E-state index contributed by atoms with van der Waals surface area (Å²) in [7, 11) is 0. The lowest BCUT2D eigenvalue weighted by molar-refractivity contribution is 0.0886. The van der Waals surface area contributed by atoms with Crippen LogP contribution in [0, 0.1) is 5.82 Å². The first-order valence-corrected chi connectivity index (χ1v) is 7.35. The molecule has 6 heteroatoms. The molecule has 2 aromatic heterocycles. The Labute approximate surface area is 137 Å². The number of halogens is 1. The molecule has 0 atom stereocenters. The third-order valence-electron chi connectivity index (χ3n) is 3.57. The fourth-order valence-electron chi connectivity index (χ4n) is 2.37. The molecule has 0 bridgehead atoms. The Hall–Kier alpha value is -3.15. The summed E-state index contributed by atoms with van der Waals surface area (Å²) in [6.45, 7) is 0.427. The maximum absolute atomic E-state index is 13.0. The third-order valence-corrected chi connectivity index (χ3v) is 3.57. The fourth-order valence-corrected chi connectivity index (χ4v) is 2.37. The van der Waals surface area contributed by atoms with Gasteiger partial charge in [-0.2, -0.15) is 0 Å². The summed E-state index contributed by atoms with van der Waals surface area (Å²) in [5, 5.41) is 0. The van der Waals surface area contributed by atoms with Gasteiger partial charge in [0, 0.05) is 18.9 Å². The lowest BCUT2D eigenvalue weighted by atomic mass is 10.1.